The zero-order chi connectivity index (χ0) is 18.2. The van der Waals surface area contributed by atoms with E-state index < -0.39 is 0 Å². The molecule has 0 aliphatic heterocycles. The van der Waals surface area contributed by atoms with Crippen LogP contribution < -0.4 is 14.2 Å². The highest BCUT2D eigenvalue weighted by molar-refractivity contribution is 9.10. The Morgan fingerprint density at radius 3 is 2.36 bits per heavy atom. The summed E-state index contributed by atoms with van der Waals surface area (Å²) >= 11 is 3.50. The third-order valence-corrected chi connectivity index (χ3v) is 4.01. The zero-order valence-corrected chi connectivity index (χ0v) is 16.1. The van der Waals surface area contributed by atoms with E-state index in [-0.39, 0.29) is 5.78 Å². The Bertz CT molecular complexity index is 751. The minimum atomic E-state index is -0.0781. The van der Waals surface area contributed by atoms with E-state index in [1.165, 1.54) is 0 Å². The molecule has 4 nitrogen and oxygen atoms in total. The third kappa shape index (κ3) is 5.10. The molecule has 0 N–H and O–H groups in total. The summed E-state index contributed by atoms with van der Waals surface area (Å²) in [5, 5.41) is 0. The van der Waals surface area contributed by atoms with Gasteiger partial charge in [0.05, 0.1) is 24.8 Å². The molecule has 0 bridgehead atoms. The van der Waals surface area contributed by atoms with Gasteiger partial charge in [0, 0.05) is 5.56 Å². The molecule has 2 aromatic rings. The molecule has 0 radical (unpaired) electrons. The van der Waals surface area contributed by atoms with E-state index in [2.05, 4.69) is 15.9 Å². The monoisotopic (exact) mass is 404 g/mol. The van der Waals surface area contributed by atoms with E-state index in [1.54, 1.807) is 43.5 Å². The second-order valence-electron chi connectivity index (χ2n) is 5.12. The number of carbonyl (C=O) groups is 1. The number of carbonyl (C=O) groups excluding carboxylic acids is 1. The fourth-order valence-corrected chi connectivity index (χ4v) is 2.83. The third-order valence-electron chi connectivity index (χ3n) is 3.42. The van der Waals surface area contributed by atoms with E-state index in [0.29, 0.717) is 30.3 Å². The SMILES string of the molecule is CCOc1cc(/C=C/C(=O)c2ccc(OC)cc2)cc(Br)c1OCC. The molecule has 0 saturated heterocycles. The van der Waals surface area contributed by atoms with Gasteiger partial charge < -0.3 is 14.2 Å². The number of hydrogen-bond donors (Lipinski definition) is 0. The number of benzene rings is 2. The van der Waals surface area contributed by atoms with Crippen molar-refractivity contribution in [3.8, 4) is 17.2 Å². The first kappa shape index (κ1) is 19.1. The number of ketones is 1. The van der Waals surface area contributed by atoms with Crippen LogP contribution in [-0.4, -0.2) is 26.1 Å². The molecule has 25 heavy (non-hydrogen) atoms. The van der Waals surface area contributed by atoms with Crippen molar-refractivity contribution in [1.82, 2.24) is 0 Å². The van der Waals surface area contributed by atoms with Crippen LogP contribution in [0.5, 0.6) is 17.2 Å². The van der Waals surface area contributed by atoms with E-state index in [9.17, 15) is 4.79 Å². The van der Waals surface area contributed by atoms with Crippen LogP contribution in [0.1, 0.15) is 29.8 Å². The summed E-state index contributed by atoms with van der Waals surface area (Å²) in [4.78, 5) is 12.3. The van der Waals surface area contributed by atoms with Gasteiger partial charge in [0.25, 0.3) is 0 Å². The quantitative estimate of drug-likeness (QED) is 0.450. The summed E-state index contributed by atoms with van der Waals surface area (Å²) in [7, 11) is 1.59. The average Bonchev–Trinajstić information content (AvgIpc) is 2.63. The van der Waals surface area contributed by atoms with E-state index >= 15 is 0 Å². The predicted octanol–water partition coefficient (Wildman–Crippen LogP) is 5.15. The van der Waals surface area contributed by atoms with Crippen molar-refractivity contribution >= 4 is 27.8 Å². The van der Waals surface area contributed by atoms with E-state index in [1.807, 2.05) is 26.0 Å². The summed E-state index contributed by atoms with van der Waals surface area (Å²) in [6.45, 7) is 4.91. The van der Waals surface area contributed by atoms with Crippen molar-refractivity contribution in [1.29, 1.82) is 0 Å². The average molecular weight is 405 g/mol. The van der Waals surface area contributed by atoms with Crippen LogP contribution in [-0.2, 0) is 0 Å². The first-order valence-electron chi connectivity index (χ1n) is 8.04. The van der Waals surface area contributed by atoms with Crippen molar-refractivity contribution in [2.45, 2.75) is 13.8 Å². The Morgan fingerprint density at radius 1 is 1.08 bits per heavy atom. The van der Waals surface area contributed by atoms with Gasteiger partial charge in [0.1, 0.15) is 5.75 Å². The van der Waals surface area contributed by atoms with Crippen molar-refractivity contribution in [3.63, 3.8) is 0 Å². The molecule has 0 saturated carbocycles. The number of halogens is 1. The van der Waals surface area contributed by atoms with Crippen LogP contribution in [0.2, 0.25) is 0 Å². The number of methoxy groups -OCH3 is 1. The van der Waals surface area contributed by atoms with Gasteiger partial charge in [-0.1, -0.05) is 6.08 Å². The van der Waals surface area contributed by atoms with Crippen molar-refractivity contribution in [3.05, 3.63) is 58.1 Å². The Balaban J connectivity index is 2.22. The molecule has 0 aliphatic rings. The highest BCUT2D eigenvalue weighted by Gasteiger charge is 2.11. The topological polar surface area (TPSA) is 44.8 Å². The van der Waals surface area contributed by atoms with Crippen LogP contribution >= 0.6 is 15.9 Å². The zero-order valence-electron chi connectivity index (χ0n) is 14.5. The standard InChI is InChI=1S/C20H21BrO4/c1-4-24-19-13-14(12-17(21)20(19)25-5-2)6-11-18(22)15-7-9-16(23-3)10-8-15/h6-13H,4-5H2,1-3H3/b11-6+. The Morgan fingerprint density at radius 2 is 1.76 bits per heavy atom. The van der Waals surface area contributed by atoms with Gasteiger partial charge in [0.15, 0.2) is 17.3 Å². The van der Waals surface area contributed by atoms with Crippen LogP contribution in [0.4, 0.5) is 0 Å². The van der Waals surface area contributed by atoms with Crippen LogP contribution in [0.3, 0.4) is 0 Å². The maximum absolute atomic E-state index is 12.3. The fourth-order valence-electron chi connectivity index (χ4n) is 2.25. The molecule has 0 heterocycles. The molecule has 5 heteroatoms. The molecule has 132 valence electrons. The van der Waals surface area contributed by atoms with Gasteiger partial charge in [0.2, 0.25) is 0 Å². The van der Waals surface area contributed by atoms with Gasteiger partial charge in [-0.05, 0) is 77.8 Å². The molecule has 2 aromatic carbocycles. The summed E-state index contributed by atoms with van der Waals surface area (Å²) in [6, 6.07) is 10.8. The summed E-state index contributed by atoms with van der Waals surface area (Å²) in [5.41, 5.74) is 1.45. The molecular weight excluding hydrogens is 384 g/mol. The maximum atomic E-state index is 12.3. The molecule has 0 atom stereocenters. The largest absolute Gasteiger partial charge is 0.497 e. The summed E-state index contributed by atoms with van der Waals surface area (Å²) < 4.78 is 17.1. The minimum absolute atomic E-state index is 0.0781. The highest BCUT2D eigenvalue weighted by Crippen LogP contribution is 2.37. The lowest BCUT2D eigenvalue weighted by atomic mass is 10.1. The number of ether oxygens (including phenoxy) is 3. The van der Waals surface area contributed by atoms with Crippen molar-refractivity contribution in [2.24, 2.45) is 0 Å². The predicted molar refractivity (Wildman–Crippen MR) is 103 cm³/mol. The van der Waals surface area contributed by atoms with E-state index in [4.69, 9.17) is 14.2 Å². The van der Waals surface area contributed by atoms with Gasteiger partial charge in [-0.25, -0.2) is 0 Å². The molecule has 0 spiro atoms. The molecule has 0 fully saturated rings. The lowest BCUT2D eigenvalue weighted by Crippen LogP contribution is -2.00. The van der Waals surface area contributed by atoms with Crippen molar-refractivity contribution < 1.29 is 19.0 Å². The number of hydrogen-bond acceptors (Lipinski definition) is 4. The lowest BCUT2D eigenvalue weighted by molar-refractivity contribution is 0.104. The number of allylic oxidation sites excluding steroid dienone is 1. The lowest BCUT2D eigenvalue weighted by Gasteiger charge is -2.13. The Hall–Kier alpha value is -2.27. The van der Waals surface area contributed by atoms with Gasteiger partial charge in [-0.15, -0.1) is 0 Å². The minimum Gasteiger partial charge on any atom is -0.497 e. The Kier molecular flexibility index (Phi) is 7.07. The van der Waals surface area contributed by atoms with Gasteiger partial charge in [-0.2, -0.15) is 0 Å². The van der Waals surface area contributed by atoms with Gasteiger partial charge in [-0.3, -0.25) is 4.79 Å². The molecule has 0 aromatic heterocycles. The fraction of sp³-hybridized carbons (Fsp3) is 0.250. The molecular formula is C20H21BrO4. The summed E-state index contributed by atoms with van der Waals surface area (Å²) in [5.74, 6) is 1.96. The molecule has 0 unspecified atom stereocenters. The second-order valence-corrected chi connectivity index (χ2v) is 5.98. The van der Waals surface area contributed by atoms with Crippen LogP contribution in [0.25, 0.3) is 6.08 Å². The molecule has 0 aliphatic carbocycles. The second kappa shape index (κ2) is 9.28. The van der Waals surface area contributed by atoms with E-state index in [0.717, 1.165) is 15.8 Å². The Labute approximate surface area is 156 Å². The first-order chi connectivity index (χ1) is 12.1. The first-order valence-corrected chi connectivity index (χ1v) is 8.84. The van der Waals surface area contributed by atoms with Crippen LogP contribution in [0, 0.1) is 0 Å². The van der Waals surface area contributed by atoms with Crippen molar-refractivity contribution in [2.75, 3.05) is 20.3 Å². The number of rotatable bonds is 8. The molecule has 0 amide bonds. The highest BCUT2D eigenvalue weighted by atomic mass is 79.9. The maximum Gasteiger partial charge on any atom is 0.185 e. The molecule has 2 rings (SSSR count). The summed E-state index contributed by atoms with van der Waals surface area (Å²) in [6.07, 6.45) is 3.30. The van der Waals surface area contributed by atoms with Gasteiger partial charge >= 0.3 is 0 Å². The van der Waals surface area contributed by atoms with Crippen LogP contribution in [0.15, 0.2) is 46.9 Å². The smallest absolute Gasteiger partial charge is 0.185 e. The normalized spacial score (nSPS) is 10.7.